The molecule has 11 nitrogen and oxygen atoms in total. The first-order valence-electron chi connectivity index (χ1n) is 17.5. The smallest absolute Gasteiger partial charge is 0.417 e. The Morgan fingerprint density at radius 1 is 0.614 bits per heavy atom. The number of ether oxygens (including phenoxy) is 4. The lowest BCUT2D eigenvalue weighted by atomic mass is 10.0. The van der Waals surface area contributed by atoms with E-state index in [4.69, 9.17) is 18.9 Å². The van der Waals surface area contributed by atoms with Crippen molar-refractivity contribution in [2.75, 3.05) is 19.6 Å². The van der Waals surface area contributed by atoms with Gasteiger partial charge in [0.05, 0.1) is 17.2 Å². The van der Waals surface area contributed by atoms with Crippen LogP contribution in [0.5, 0.6) is 34.8 Å². The zero-order valence-corrected chi connectivity index (χ0v) is 29.9. The molecule has 5 aromatic rings. The number of alkyl halides is 6. The van der Waals surface area contributed by atoms with Crippen LogP contribution in [0.4, 0.5) is 35.9 Å². The van der Waals surface area contributed by atoms with Gasteiger partial charge in [0.1, 0.15) is 23.0 Å². The van der Waals surface area contributed by atoms with Crippen LogP contribution in [0.25, 0.3) is 0 Å². The summed E-state index contributed by atoms with van der Waals surface area (Å²) >= 11 is 0. The lowest BCUT2D eigenvalue weighted by Crippen LogP contribution is -2.43. The lowest BCUT2D eigenvalue weighted by molar-refractivity contribution is -0.138. The predicted molar refractivity (Wildman–Crippen MR) is 191 cm³/mol. The molecule has 0 bridgehead atoms. The molecule has 17 heteroatoms. The molecule has 0 saturated carbocycles. The maximum Gasteiger partial charge on any atom is 0.417 e. The molecule has 4 heterocycles. The number of aliphatic hydroxyl groups excluding tert-OH is 1. The SMILES string of the molecule is O=C(Oc1ccc(Oc2ccc(C(F)(F)F)cn2)cc1)N1CCCC(O)C1.O=C(Oc1ccc(Oc2ccc(C(F)(F)F)cn2)cc1)N1CCc2ccccc2C1. The summed E-state index contributed by atoms with van der Waals surface area (Å²) in [4.78, 5) is 34.8. The highest BCUT2D eigenvalue weighted by atomic mass is 19.4. The second-order valence-electron chi connectivity index (χ2n) is 12.8. The van der Waals surface area contributed by atoms with Gasteiger partial charge in [0.25, 0.3) is 0 Å². The van der Waals surface area contributed by atoms with Gasteiger partial charge >= 0.3 is 24.5 Å². The number of likely N-dealkylation sites (tertiary alicyclic amines) is 1. The second-order valence-corrected chi connectivity index (χ2v) is 12.8. The maximum atomic E-state index is 12.6. The molecule has 57 heavy (non-hydrogen) atoms. The van der Waals surface area contributed by atoms with Crippen LogP contribution in [0.2, 0.25) is 0 Å². The quantitative estimate of drug-likeness (QED) is 0.168. The van der Waals surface area contributed by atoms with Gasteiger partial charge in [-0.05, 0) is 91.1 Å². The normalized spacial score (nSPS) is 15.4. The molecular weight excluding hydrogens is 762 g/mol. The van der Waals surface area contributed by atoms with E-state index in [-0.39, 0.29) is 24.1 Å². The first-order chi connectivity index (χ1) is 27.2. The largest absolute Gasteiger partial charge is 0.439 e. The van der Waals surface area contributed by atoms with Gasteiger partial charge < -0.3 is 33.9 Å². The summed E-state index contributed by atoms with van der Waals surface area (Å²) in [5.74, 6) is 1.35. The summed E-state index contributed by atoms with van der Waals surface area (Å²) in [6.45, 7) is 1.84. The van der Waals surface area contributed by atoms with Crippen LogP contribution in [0, 0.1) is 0 Å². The third kappa shape index (κ3) is 11.3. The van der Waals surface area contributed by atoms with Gasteiger partial charge in [0, 0.05) is 50.7 Å². The topological polar surface area (TPSA) is 124 Å². The molecule has 1 fully saturated rings. The minimum Gasteiger partial charge on any atom is -0.439 e. The number of nitrogens with zero attached hydrogens (tertiary/aromatic N) is 4. The standard InChI is InChI=1S/C22H17F3N2O3.C18H17F3N2O4/c23-22(24,25)17-5-10-20(26-13-17)29-18-6-8-19(9-7-18)30-21(28)27-12-11-15-3-1-2-4-16(15)14-27;19-18(20,21)12-3-8-16(22-10-12)26-14-4-6-15(7-5-14)27-17(25)23-9-1-2-13(24)11-23/h1-10,13H,11-12,14H2;3-8,10,13,24H,1-2,9,11H2. The summed E-state index contributed by atoms with van der Waals surface area (Å²) in [7, 11) is 0. The van der Waals surface area contributed by atoms with Gasteiger partial charge in [-0.1, -0.05) is 24.3 Å². The van der Waals surface area contributed by atoms with Crippen molar-refractivity contribution in [3.05, 3.63) is 132 Å². The number of β-amino-alcohol motifs (C(OH)–C–C–N with tert-alkyl or cyclic N) is 1. The Morgan fingerprint density at radius 3 is 1.54 bits per heavy atom. The van der Waals surface area contributed by atoms with Crippen molar-refractivity contribution in [1.82, 2.24) is 19.8 Å². The Bertz CT molecular complexity index is 2120. The molecule has 0 aliphatic carbocycles. The van der Waals surface area contributed by atoms with Crippen molar-refractivity contribution in [3.8, 4) is 34.8 Å². The van der Waals surface area contributed by atoms with Gasteiger partial charge in [0.2, 0.25) is 11.8 Å². The number of amides is 2. The molecule has 3 aromatic carbocycles. The van der Waals surface area contributed by atoms with Crippen LogP contribution in [0.15, 0.2) is 109 Å². The fourth-order valence-electron chi connectivity index (χ4n) is 5.71. The molecule has 298 valence electrons. The van der Waals surface area contributed by atoms with Crippen molar-refractivity contribution in [3.63, 3.8) is 0 Å². The Labute approximate surface area is 322 Å². The number of halogens is 6. The zero-order valence-electron chi connectivity index (χ0n) is 29.9. The number of fused-ring (bicyclic) bond motifs is 1. The summed E-state index contributed by atoms with van der Waals surface area (Å²) in [5, 5.41) is 9.60. The number of piperidine rings is 1. The van der Waals surface area contributed by atoms with Crippen LogP contribution in [-0.2, 0) is 25.3 Å². The summed E-state index contributed by atoms with van der Waals surface area (Å²) in [5.41, 5.74) is 0.630. The van der Waals surface area contributed by atoms with Crippen molar-refractivity contribution < 1.29 is 60.0 Å². The Morgan fingerprint density at radius 2 is 1.09 bits per heavy atom. The third-order valence-corrected chi connectivity index (χ3v) is 8.67. The molecule has 1 unspecified atom stereocenters. The van der Waals surface area contributed by atoms with Crippen molar-refractivity contribution in [1.29, 1.82) is 0 Å². The number of hydrogen-bond acceptors (Lipinski definition) is 9. The van der Waals surface area contributed by atoms with E-state index in [1.54, 1.807) is 29.2 Å². The number of rotatable bonds is 6. The Kier molecular flexibility index (Phi) is 12.5. The number of benzene rings is 3. The molecule has 1 atom stereocenters. The minimum absolute atomic E-state index is 0.00930. The first kappa shape index (κ1) is 40.3. The van der Waals surface area contributed by atoms with E-state index in [9.17, 15) is 41.0 Å². The van der Waals surface area contributed by atoms with Crippen molar-refractivity contribution >= 4 is 12.2 Å². The van der Waals surface area contributed by atoms with Crippen molar-refractivity contribution in [2.24, 2.45) is 0 Å². The highest BCUT2D eigenvalue weighted by Crippen LogP contribution is 2.32. The number of aliphatic hydroxyl groups is 1. The average molecular weight is 797 g/mol. The fourth-order valence-corrected chi connectivity index (χ4v) is 5.71. The van der Waals surface area contributed by atoms with Crippen LogP contribution >= 0.6 is 0 Å². The Hall–Kier alpha value is -6.36. The predicted octanol–water partition coefficient (Wildman–Crippen LogP) is 9.30. The minimum atomic E-state index is -4.46. The molecule has 1 N–H and O–H groups in total. The van der Waals surface area contributed by atoms with Crippen molar-refractivity contribution in [2.45, 2.75) is 44.3 Å². The zero-order chi connectivity index (χ0) is 40.6. The molecule has 2 aliphatic heterocycles. The van der Waals surface area contributed by atoms with E-state index in [2.05, 4.69) is 16.0 Å². The fraction of sp³-hybridized carbons (Fsp3) is 0.250. The lowest BCUT2D eigenvalue weighted by Gasteiger charge is -2.29. The van der Waals surface area contributed by atoms with E-state index in [1.807, 2.05) is 18.2 Å². The van der Waals surface area contributed by atoms with Crippen LogP contribution in [-0.4, -0.2) is 62.8 Å². The number of hydrogen-bond donors (Lipinski definition) is 1. The first-order valence-corrected chi connectivity index (χ1v) is 17.5. The van der Waals surface area contributed by atoms with Gasteiger partial charge in [-0.3, -0.25) is 0 Å². The highest BCUT2D eigenvalue weighted by molar-refractivity contribution is 5.71. The van der Waals surface area contributed by atoms with E-state index in [0.29, 0.717) is 62.1 Å². The number of carbonyl (C=O) groups is 2. The average Bonchev–Trinajstić information content (AvgIpc) is 3.19. The number of pyridine rings is 2. The molecule has 2 aliphatic rings. The van der Waals surface area contributed by atoms with E-state index in [1.165, 1.54) is 34.7 Å². The summed E-state index contributed by atoms with van der Waals surface area (Å²) in [6, 6.07) is 24.2. The second kappa shape index (κ2) is 17.6. The van der Waals surface area contributed by atoms with Gasteiger partial charge in [-0.25, -0.2) is 19.6 Å². The van der Waals surface area contributed by atoms with Gasteiger partial charge in [0.15, 0.2) is 0 Å². The van der Waals surface area contributed by atoms with E-state index >= 15 is 0 Å². The number of carbonyl (C=O) groups excluding carboxylic acids is 2. The van der Waals surface area contributed by atoms with Crippen LogP contribution in [0.3, 0.4) is 0 Å². The molecule has 1 saturated heterocycles. The Balaban J connectivity index is 0.000000194. The summed E-state index contributed by atoms with van der Waals surface area (Å²) in [6.07, 6.45) is -6.89. The molecule has 7 rings (SSSR count). The molecule has 0 radical (unpaired) electrons. The van der Waals surface area contributed by atoms with Crippen LogP contribution in [0.1, 0.15) is 35.1 Å². The van der Waals surface area contributed by atoms with Gasteiger partial charge in [-0.15, -0.1) is 0 Å². The van der Waals surface area contributed by atoms with E-state index < -0.39 is 41.8 Å². The van der Waals surface area contributed by atoms with E-state index in [0.717, 1.165) is 36.2 Å². The van der Waals surface area contributed by atoms with Crippen LogP contribution < -0.4 is 18.9 Å². The highest BCUT2D eigenvalue weighted by Gasteiger charge is 2.32. The molecule has 2 aromatic heterocycles. The molecular formula is C40H34F6N4O7. The third-order valence-electron chi connectivity index (χ3n) is 8.67. The monoisotopic (exact) mass is 796 g/mol. The number of aromatic nitrogens is 2. The molecule has 0 spiro atoms. The maximum absolute atomic E-state index is 12.6. The molecule has 2 amide bonds. The summed E-state index contributed by atoms with van der Waals surface area (Å²) < 4.78 is 96.7. The van der Waals surface area contributed by atoms with Gasteiger partial charge in [-0.2, -0.15) is 26.3 Å².